The predicted octanol–water partition coefficient (Wildman–Crippen LogP) is 2.64. The molecule has 0 saturated heterocycles. The van der Waals surface area contributed by atoms with Crippen LogP contribution in [0.5, 0.6) is 0 Å². The zero-order valence-corrected chi connectivity index (χ0v) is 16.1. The van der Waals surface area contributed by atoms with Gasteiger partial charge in [-0.2, -0.15) is 4.72 Å². The van der Waals surface area contributed by atoms with E-state index in [1.165, 1.54) is 11.1 Å². The van der Waals surface area contributed by atoms with Gasteiger partial charge in [-0.05, 0) is 48.6 Å². The number of fused-ring (bicyclic) bond motifs is 1. The quantitative estimate of drug-likeness (QED) is 0.844. The second-order valence-corrected chi connectivity index (χ2v) is 8.41. The van der Waals surface area contributed by atoms with Crippen molar-refractivity contribution in [2.45, 2.75) is 31.7 Å². The van der Waals surface area contributed by atoms with Crippen molar-refractivity contribution in [2.24, 2.45) is 0 Å². The third-order valence-electron chi connectivity index (χ3n) is 4.62. The van der Waals surface area contributed by atoms with E-state index in [4.69, 9.17) is 0 Å². The summed E-state index contributed by atoms with van der Waals surface area (Å²) in [5, 5.41) is 0. The summed E-state index contributed by atoms with van der Waals surface area (Å²) >= 11 is 0. The molecule has 0 aliphatic carbocycles. The molecule has 5 heteroatoms. The first-order valence-corrected chi connectivity index (χ1v) is 10.3. The number of rotatable bonds is 4. The standard InChI is InChI=1S/C21H24N2O2S/c1-17-9-10-18(2)21(15-17)26(24,25)22-12-5-6-13-23-14-11-19-7-3-4-8-20(19)16-23/h3-4,7-10,15,22H,11-14,16H2,1-2H3. The van der Waals surface area contributed by atoms with Crippen molar-refractivity contribution < 1.29 is 8.42 Å². The molecule has 1 N–H and O–H groups in total. The van der Waals surface area contributed by atoms with E-state index in [1.807, 2.05) is 19.1 Å². The largest absolute Gasteiger partial charge is 0.288 e. The van der Waals surface area contributed by atoms with Crippen LogP contribution in [0.4, 0.5) is 0 Å². The molecular weight excluding hydrogens is 344 g/mol. The molecule has 0 aromatic heterocycles. The highest BCUT2D eigenvalue weighted by molar-refractivity contribution is 7.89. The van der Waals surface area contributed by atoms with Crippen molar-refractivity contribution in [1.82, 2.24) is 9.62 Å². The minimum Gasteiger partial charge on any atom is -0.288 e. The van der Waals surface area contributed by atoms with Crippen molar-refractivity contribution in [1.29, 1.82) is 0 Å². The van der Waals surface area contributed by atoms with Gasteiger partial charge in [0.05, 0.1) is 18.0 Å². The number of hydrogen-bond donors (Lipinski definition) is 1. The highest BCUT2D eigenvalue weighted by Crippen LogP contribution is 2.18. The molecular formula is C21H24N2O2S. The summed E-state index contributed by atoms with van der Waals surface area (Å²) in [6.45, 7) is 6.35. The Balaban J connectivity index is 1.54. The van der Waals surface area contributed by atoms with E-state index in [0.717, 1.165) is 30.6 Å². The second-order valence-electron chi connectivity index (χ2n) is 6.68. The fraction of sp³-hybridized carbons (Fsp3) is 0.333. The Morgan fingerprint density at radius 3 is 2.65 bits per heavy atom. The fourth-order valence-corrected chi connectivity index (χ4v) is 4.38. The molecule has 0 unspecified atom stereocenters. The summed E-state index contributed by atoms with van der Waals surface area (Å²) in [5.41, 5.74) is 4.43. The predicted molar refractivity (Wildman–Crippen MR) is 104 cm³/mol. The van der Waals surface area contributed by atoms with Crippen LogP contribution in [0.3, 0.4) is 0 Å². The SMILES string of the molecule is Cc1ccc(C)c(S(=O)(=O)NCC#CCN2CCc3ccccc3C2)c1. The molecule has 1 heterocycles. The lowest BCUT2D eigenvalue weighted by Crippen LogP contribution is -2.31. The molecule has 26 heavy (non-hydrogen) atoms. The molecule has 2 aromatic carbocycles. The van der Waals surface area contributed by atoms with Crippen LogP contribution in [0.1, 0.15) is 22.3 Å². The molecule has 0 amide bonds. The lowest BCUT2D eigenvalue weighted by molar-refractivity contribution is 0.286. The Labute approximate surface area is 156 Å². The van der Waals surface area contributed by atoms with E-state index in [-0.39, 0.29) is 6.54 Å². The van der Waals surface area contributed by atoms with Crippen LogP contribution in [0.2, 0.25) is 0 Å². The first-order valence-electron chi connectivity index (χ1n) is 8.77. The average molecular weight is 369 g/mol. The van der Waals surface area contributed by atoms with E-state index in [1.54, 1.807) is 13.0 Å². The number of nitrogens with zero attached hydrogens (tertiary/aromatic N) is 1. The van der Waals surface area contributed by atoms with Crippen molar-refractivity contribution in [3.8, 4) is 11.8 Å². The molecule has 0 radical (unpaired) electrons. The van der Waals surface area contributed by atoms with Gasteiger partial charge in [0.25, 0.3) is 0 Å². The number of sulfonamides is 1. The Morgan fingerprint density at radius 2 is 1.85 bits per heavy atom. The Morgan fingerprint density at radius 1 is 1.08 bits per heavy atom. The van der Waals surface area contributed by atoms with Crippen LogP contribution < -0.4 is 4.72 Å². The van der Waals surface area contributed by atoms with Crippen LogP contribution in [0, 0.1) is 25.7 Å². The van der Waals surface area contributed by atoms with Gasteiger partial charge in [0, 0.05) is 13.1 Å². The minimum absolute atomic E-state index is 0.125. The van der Waals surface area contributed by atoms with E-state index < -0.39 is 10.0 Å². The van der Waals surface area contributed by atoms with Gasteiger partial charge >= 0.3 is 0 Å². The second kappa shape index (κ2) is 8.05. The lowest BCUT2D eigenvalue weighted by Gasteiger charge is -2.26. The van der Waals surface area contributed by atoms with E-state index in [2.05, 4.69) is 45.7 Å². The molecule has 0 fully saturated rings. The number of hydrogen-bond acceptors (Lipinski definition) is 3. The summed E-state index contributed by atoms with van der Waals surface area (Å²) < 4.78 is 27.4. The lowest BCUT2D eigenvalue weighted by atomic mass is 10.0. The summed E-state index contributed by atoms with van der Waals surface area (Å²) in [4.78, 5) is 2.61. The van der Waals surface area contributed by atoms with Crippen LogP contribution in [0.25, 0.3) is 0 Å². The Bertz CT molecular complexity index is 955. The third-order valence-corrected chi connectivity index (χ3v) is 6.16. The normalized spacial score (nSPS) is 14.4. The summed E-state index contributed by atoms with van der Waals surface area (Å²) in [5.74, 6) is 6.02. The molecule has 0 bridgehead atoms. The number of aryl methyl sites for hydroxylation is 2. The Kier molecular flexibility index (Phi) is 5.77. The Hall–Kier alpha value is -2.13. The van der Waals surface area contributed by atoms with E-state index >= 15 is 0 Å². The van der Waals surface area contributed by atoms with Gasteiger partial charge < -0.3 is 0 Å². The van der Waals surface area contributed by atoms with Crippen molar-refractivity contribution in [3.05, 3.63) is 64.7 Å². The van der Waals surface area contributed by atoms with Crippen molar-refractivity contribution in [2.75, 3.05) is 19.6 Å². The van der Waals surface area contributed by atoms with Gasteiger partial charge in [0.2, 0.25) is 10.0 Å². The molecule has 2 aromatic rings. The van der Waals surface area contributed by atoms with Gasteiger partial charge in [-0.3, -0.25) is 4.90 Å². The maximum Gasteiger partial charge on any atom is 0.241 e. The number of nitrogens with one attached hydrogen (secondary N) is 1. The first kappa shape index (κ1) is 18.7. The van der Waals surface area contributed by atoms with E-state index in [0.29, 0.717) is 11.4 Å². The van der Waals surface area contributed by atoms with Crippen LogP contribution in [-0.4, -0.2) is 33.0 Å². The first-order chi connectivity index (χ1) is 12.5. The smallest absolute Gasteiger partial charge is 0.241 e. The molecule has 4 nitrogen and oxygen atoms in total. The molecule has 3 rings (SSSR count). The summed E-state index contributed by atoms with van der Waals surface area (Å²) in [6.07, 6.45) is 1.04. The van der Waals surface area contributed by atoms with Gasteiger partial charge in [-0.15, -0.1) is 0 Å². The minimum atomic E-state index is -3.52. The molecule has 0 atom stereocenters. The van der Waals surface area contributed by atoms with Gasteiger partial charge in [0.15, 0.2) is 0 Å². The number of benzene rings is 2. The highest BCUT2D eigenvalue weighted by atomic mass is 32.2. The maximum atomic E-state index is 12.4. The van der Waals surface area contributed by atoms with Crippen LogP contribution in [0.15, 0.2) is 47.4 Å². The fourth-order valence-electron chi connectivity index (χ4n) is 3.12. The summed E-state index contributed by atoms with van der Waals surface area (Å²) in [6, 6.07) is 13.9. The molecule has 1 aliphatic rings. The van der Waals surface area contributed by atoms with Crippen molar-refractivity contribution >= 4 is 10.0 Å². The third kappa shape index (κ3) is 4.53. The van der Waals surface area contributed by atoms with Crippen molar-refractivity contribution in [3.63, 3.8) is 0 Å². The molecule has 0 saturated carbocycles. The topological polar surface area (TPSA) is 49.4 Å². The molecule has 1 aliphatic heterocycles. The monoisotopic (exact) mass is 368 g/mol. The zero-order valence-electron chi connectivity index (χ0n) is 15.2. The zero-order chi connectivity index (χ0) is 18.6. The van der Waals surface area contributed by atoms with Crippen LogP contribution >= 0.6 is 0 Å². The average Bonchev–Trinajstić information content (AvgIpc) is 2.63. The maximum absolute atomic E-state index is 12.4. The highest BCUT2D eigenvalue weighted by Gasteiger charge is 2.16. The summed E-state index contributed by atoms with van der Waals surface area (Å²) in [7, 11) is -3.52. The van der Waals surface area contributed by atoms with Gasteiger partial charge in [-0.25, -0.2) is 8.42 Å². The van der Waals surface area contributed by atoms with Crippen LogP contribution in [-0.2, 0) is 23.0 Å². The van der Waals surface area contributed by atoms with E-state index in [9.17, 15) is 8.42 Å². The van der Waals surface area contributed by atoms with Gasteiger partial charge in [-0.1, -0.05) is 48.2 Å². The molecule has 136 valence electrons. The molecule has 0 spiro atoms. The van der Waals surface area contributed by atoms with Gasteiger partial charge in [0.1, 0.15) is 0 Å².